The van der Waals surface area contributed by atoms with E-state index in [2.05, 4.69) is 20.4 Å². The molecule has 31 heavy (non-hydrogen) atoms. The lowest BCUT2D eigenvalue weighted by Crippen LogP contribution is -2.15. The van der Waals surface area contributed by atoms with Crippen LogP contribution in [0.4, 0.5) is 23.4 Å². The second kappa shape index (κ2) is 8.34. The number of halogens is 4. The number of nitrogens with zero attached hydrogens (tertiary/aromatic N) is 3. The van der Waals surface area contributed by atoms with Gasteiger partial charge in [0, 0.05) is 23.4 Å². The summed E-state index contributed by atoms with van der Waals surface area (Å²) in [5.74, 6) is -4.05. The molecule has 6 nitrogen and oxygen atoms in total. The van der Waals surface area contributed by atoms with Crippen molar-refractivity contribution in [3.63, 3.8) is 0 Å². The number of carbonyl (C=O) groups is 1. The van der Waals surface area contributed by atoms with E-state index in [1.165, 1.54) is 24.7 Å². The maximum atomic E-state index is 14.4. The normalized spacial score (nSPS) is 10.8. The van der Waals surface area contributed by atoms with Gasteiger partial charge in [0.05, 0.1) is 17.7 Å². The number of nitrogens with one attached hydrogen (secondary N) is 1. The van der Waals surface area contributed by atoms with E-state index in [4.69, 9.17) is 4.52 Å². The molecule has 1 amide bonds. The fraction of sp³-hybridized carbons (Fsp3) is 0.0476. The van der Waals surface area contributed by atoms with Gasteiger partial charge in [-0.25, -0.2) is 27.5 Å². The summed E-state index contributed by atoms with van der Waals surface area (Å²) < 4.78 is 60.1. The lowest BCUT2D eigenvalue weighted by atomic mass is 10.0. The van der Waals surface area contributed by atoms with E-state index >= 15 is 0 Å². The molecule has 2 aromatic carbocycles. The van der Waals surface area contributed by atoms with Crippen LogP contribution in [-0.2, 0) is 11.2 Å². The van der Waals surface area contributed by atoms with Crippen LogP contribution in [0.25, 0.3) is 22.5 Å². The van der Waals surface area contributed by atoms with Gasteiger partial charge in [-0.2, -0.15) is 0 Å². The molecule has 4 rings (SSSR count). The monoisotopic (exact) mass is 428 g/mol. The van der Waals surface area contributed by atoms with E-state index in [0.29, 0.717) is 6.07 Å². The van der Waals surface area contributed by atoms with Crippen LogP contribution >= 0.6 is 0 Å². The minimum Gasteiger partial charge on any atom is -0.337 e. The summed E-state index contributed by atoms with van der Waals surface area (Å²) in [4.78, 5) is 20.3. The first-order valence-electron chi connectivity index (χ1n) is 8.87. The third kappa shape index (κ3) is 4.27. The summed E-state index contributed by atoms with van der Waals surface area (Å²) in [6.45, 7) is 0. The number of aromatic nitrogens is 3. The highest BCUT2D eigenvalue weighted by atomic mass is 19.1. The molecule has 0 bridgehead atoms. The molecule has 0 atom stereocenters. The fourth-order valence-corrected chi connectivity index (χ4v) is 2.94. The van der Waals surface area contributed by atoms with E-state index in [1.54, 1.807) is 0 Å². The molecule has 0 spiro atoms. The highest BCUT2D eigenvalue weighted by Gasteiger charge is 2.24. The lowest BCUT2D eigenvalue weighted by molar-refractivity contribution is -0.115. The molecule has 0 aliphatic carbocycles. The van der Waals surface area contributed by atoms with Gasteiger partial charge >= 0.3 is 0 Å². The molecular formula is C21H12F4N4O2. The summed E-state index contributed by atoms with van der Waals surface area (Å²) in [6.07, 6.45) is 2.14. The summed E-state index contributed by atoms with van der Waals surface area (Å²) in [7, 11) is 0. The van der Waals surface area contributed by atoms with Crippen LogP contribution < -0.4 is 5.32 Å². The largest absolute Gasteiger partial charge is 0.337 e. The zero-order valence-corrected chi connectivity index (χ0v) is 15.6. The highest BCUT2D eigenvalue weighted by Crippen LogP contribution is 2.37. The first-order chi connectivity index (χ1) is 14.9. The van der Waals surface area contributed by atoms with Crippen molar-refractivity contribution in [2.45, 2.75) is 6.42 Å². The van der Waals surface area contributed by atoms with Crippen molar-refractivity contribution in [1.29, 1.82) is 0 Å². The molecule has 4 aromatic rings. The van der Waals surface area contributed by atoms with Crippen molar-refractivity contribution >= 4 is 11.8 Å². The smallest absolute Gasteiger partial charge is 0.241 e. The van der Waals surface area contributed by atoms with Crippen LogP contribution in [0.3, 0.4) is 0 Å². The number of rotatable bonds is 5. The summed E-state index contributed by atoms with van der Waals surface area (Å²) >= 11 is 0. The molecule has 2 heterocycles. The Morgan fingerprint density at radius 1 is 0.968 bits per heavy atom. The molecule has 0 aliphatic rings. The molecule has 156 valence electrons. The van der Waals surface area contributed by atoms with Gasteiger partial charge in [-0.05, 0) is 36.4 Å². The van der Waals surface area contributed by atoms with E-state index in [9.17, 15) is 22.4 Å². The van der Waals surface area contributed by atoms with Crippen LogP contribution in [0.5, 0.6) is 0 Å². The molecule has 10 heteroatoms. The number of hydrogen-bond acceptors (Lipinski definition) is 5. The Labute approximate surface area is 172 Å². The first-order valence-corrected chi connectivity index (χ1v) is 8.87. The molecule has 0 saturated carbocycles. The minimum atomic E-state index is -0.900. The van der Waals surface area contributed by atoms with Crippen molar-refractivity contribution in [3.8, 4) is 22.5 Å². The van der Waals surface area contributed by atoms with Crippen molar-refractivity contribution < 1.29 is 26.9 Å². The molecule has 0 saturated heterocycles. The van der Waals surface area contributed by atoms with Crippen molar-refractivity contribution in [1.82, 2.24) is 15.1 Å². The third-order valence-corrected chi connectivity index (χ3v) is 4.33. The van der Waals surface area contributed by atoms with E-state index in [0.717, 1.165) is 24.3 Å². The van der Waals surface area contributed by atoms with Crippen LogP contribution in [0.2, 0.25) is 0 Å². The van der Waals surface area contributed by atoms with Gasteiger partial charge in [0.1, 0.15) is 35.3 Å². The predicted molar refractivity (Wildman–Crippen MR) is 102 cm³/mol. The van der Waals surface area contributed by atoms with E-state index in [1.807, 2.05) is 0 Å². The fourth-order valence-electron chi connectivity index (χ4n) is 2.94. The summed E-state index contributed by atoms with van der Waals surface area (Å²) in [6, 6.07) is 7.11. The van der Waals surface area contributed by atoms with Crippen molar-refractivity contribution in [3.05, 3.63) is 83.8 Å². The molecule has 0 fully saturated rings. The predicted octanol–water partition coefficient (Wildman–Crippen LogP) is 4.54. The van der Waals surface area contributed by atoms with Crippen LogP contribution in [-0.4, -0.2) is 21.0 Å². The van der Waals surface area contributed by atoms with Crippen LogP contribution in [0.1, 0.15) is 5.56 Å². The Balaban J connectivity index is 1.72. The maximum Gasteiger partial charge on any atom is 0.241 e. The van der Waals surface area contributed by atoms with Gasteiger partial charge in [0.2, 0.25) is 11.8 Å². The van der Waals surface area contributed by atoms with E-state index in [-0.39, 0.29) is 34.0 Å². The molecule has 1 N–H and O–H groups in total. The second-order valence-corrected chi connectivity index (χ2v) is 6.41. The lowest BCUT2D eigenvalue weighted by Gasteiger charge is -2.07. The van der Waals surface area contributed by atoms with Gasteiger partial charge in [-0.3, -0.25) is 10.1 Å². The molecule has 0 radical (unpaired) electrons. The number of benzene rings is 2. The zero-order chi connectivity index (χ0) is 22.0. The standard InChI is InChI=1S/C21H12F4N4O2/c22-12-2-4-15(24)11(7-12)8-18(30)28-21-19(17-5-6-26-10-27-17)20(29-31-21)14-3-1-13(23)9-16(14)25/h1-7,9-10H,8H2,(H,28,30). The van der Waals surface area contributed by atoms with Gasteiger partial charge in [0.25, 0.3) is 0 Å². The van der Waals surface area contributed by atoms with Gasteiger partial charge < -0.3 is 4.52 Å². The molecule has 0 aliphatic heterocycles. The number of carbonyl (C=O) groups excluding carboxylic acids is 1. The molecular weight excluding hydrogens is 416 g/mol. The van der Waals surface area contributed by atoms with Gasteiger partial charge in [-0.15, -0.1) is 0 Å². The quantitative estimate of drug-likeness (QED) is 0.472. The first kappa shape index (κ1) is 20.2. The number of hydrogen-bond donors (Lipinski definition) is 1. The Bertz CT molecular complexity index is 1260. The van der Waals surface area contributed by atoms with Gasteiger partial charge in [0.15, 0.2) is 0 Å². The molecule has 2 aromatic heterocycles. The van der Waals surface area contributed by atoms with E-state index < -0.39 is 35.6 Å². The Morgan fingerprint density at radius 3 is 2.48 bits per heavy atom. The summed E-state index contributed by atoms with van der Waals surface area (Å²) in [5.41, 5.74) is 0.0625. The maximum absolute atomic E-state index is 14.4. The average Bonchev–Trinajstić information content (AvgIpc) is 3.14. The minimum absolute atomic E-state index is 0.0385. The third-order valence-electron chi connectivity index (χ3n) is 4.33. The van der Waals surface area contributed by atoms with Crippen molar-refractivity contribution in [2.75, 3.05) is 5.32 Å². The Hall–Kier alpha value is -4.08. The zero-order valence-electron chi connectivity index (χ0n) is 15.6. The average molecular weight is 428 g/mol. The van der Waals surface area contributed by atoms with Crippen LogP contribution in [0.15, 0.2) is 59.5 Å². The van der Waals surface area contributed by atoms with Crippen molar-refractivity contribution in [2.24, 2.45) is 0 Å². The Morgan fingerprint density at radius 2 is 1.74 bits per heavy atom. The number of amides is 1. The summed E-state index contributed by atoms with van der Waals surface area (Å²) in [5, 5.41) is 6.21. The van der Waals surface area contributed by atoms with Gasteiger partial charge in [-0.1, -0.05) is 5.16 Å². The highest BCUT2D eigenvalue weighted by molar-refractivity contribution is 5.97. The number of anilines is 1. The second-order valence-electron chi connectivity index (χ2n) is 6.41. The topological polar surface area (TPSA) is 80.9 Å². The van der Waals surface area contributed by atoms with Crippen LogP contribution in [0, 0.1) is 23.3 Å². The SMILES string of the molecule is O=C(Cc1cc(F)ccc1F)Nc1onc(-c2ccc(F)cc2F)c1-c1ccncn1. The molecule has 0 unspecified atom stereocenters. The Kier molecular flexibility index (Phi) is 5.44.